The Bertz CT molecular complexity index is 344. The quantitative estimate of drug-likeness (QED) is 0.285. The highest BCUT2D eigenvalue weighted by Crippen LogP contribution is 2.17. The largest absolute Gasteiger partial charge is 0.313 e. The lowest BCUT2D eigenvalue weighted by Gasteiger charge is -2.06. The molecule has 68 valence electrons. The van der Waals surface area contributed by atoms with Gasteiger partial charge in [-0.1, -0.05) is 12.2 Å². The number of Topliss-reactive ketones (excluding diaryl/α,β-unsaturated/α-hetero) is 1. The molecule has 0 amide bonds. The van der Waals surface area contributed by atoms with Gasteiger partial charge in [0.05, 0.1) is 4.92 Å². The van der Waals surface area contributed by atoms with Gasteiger partial charge in [0.1, 0.15) is 5.92 Å². The second-order valence-electron chi connectivity index (χ2n) is 2.34. The Morgan fingerprint density at radius 3 is 2.69 bits per heavy atom. The van der Waals surface area contributed by atoms with Gasteiger partial charge in [-0.3, -0.25) is 19.7 Å². The van der Waals surface area contributed by atoms with E-state index in [4.69, 9.17) is 11.6 Å². The highest BCUT2D eigenvalue weighted by atomic mass is 35.5. The summed E-state index contributed by atoms with van der Waals surface area (Å²) in [6.07, 6.45) is 3.54. The van der Waals surface area contributed by atoms with Crippen LogP contribution in [0.4, 0.5) is 0 Å². The van der Waals surface area contributed by atoms with Crippen LogP contribution in [0.5, 0.6) is 0 Å². The summed E-state index contributed by atoms with van der Waals surface area (Å²) in [4.78, 5) is 31.2. The summed E-state index contributed by atoms with van der Waals surface area (Å²) in [6, 6.07) is 0. The summed E-state index contributed by atoms with van der Waals surface area (Å²) >= 11 is 5.06. The summed E-state index contributed by atoms with van der Waals surface area (Å²) < 4.78 is 0. The van der Waals surface area contributed by atoms with Crippen molar-refractivity contribution in [3.8, 4) is 0 Å². The maximum atomic E-state index is 11.1. The van der Waals surface area contributed by atoms with E-state index < -0.39 is 27.6 Å². The molecule has 0 aliphatic heterocycles. The van der Waals surface area contributed by atoms with Crippen molar-refractivity contribution in [3.05, 3.63) is 34.0 Å². The van der Waals surface area contributed by atoms with Gasteiger partial charge in [0, 0.05) is 6.08 Å². The van der Waals surface area contributed by atoms with Gasteiger partial charge in [0.2, 0.25) is 11.0 Å². The van der Waals surface area contributed by atoms with Gasteiger partial charge in [-0.05, 0) is 11.6 Å². The molecule has 0 aromatic rings. The molecule has 0 radical (unpaired) electrons. The molecule has 0 saturated heterocycles. The molecule has 1 unspecified atom stereocenters. The second kappa shape index (κ2) is 3.49. The zero-order valence-corrected chi connectivity index (χ0v) is 7.02. The van der Waals surface area contributed by atoms with Crippen molar-refractivity contribution in [2.45, 2.75) is 0 Å². The predicted molar refractivity (Wildman–Crippen MR) is 43.6 cm³/mol. The first-order valence-electron chi connectivity index (χ1n) is 3.30. The molecule has 1 rings (SSSR count). The first-order chi connectivity index (χ1) is 6.04. The molecule has 0 bridgehead atoms. The normalized spacial score (nSPS) is 21.2. The third kappa shape index (κ3) is 1.81. The minimum Gasteiger partial charge on any atom is -0.286 e. The first-order valence-corrected chi connectivity index (χ1v) is 3.68. The predicted octanol–water partition coefficient (Wildman–Crippen LogP) is 0.667. The number of nitrogens with zero attached hydrogens (tertiary/aromatic N) is 1. The van der Waals surface area contributed by atoms with Crippen molar-refractivity contribution in [1.82, 2.24) is 0 Å². The van der Waals surface area contributed by atoms with Crippen LogP contribution in [0.1, 0.15) is 0 Å². The number of halogens is 1. The highest BCUT2D eigenvalue weighted by molar-refractivity contribution is 6.66. The highest BCUT2D eigenvalue weighted by Gasteiger charge is 2.34. The van der Waals surface area contributed by atoms with E-state index in [0.717, 1.165) is 6.08 Å². The van der Waals surface area contributed by atoms with Gasteiger partial charge in [-0.2, -0.15) is 0 Å². The Morgan fingerprint density at radius 1 is 1.62 bits per heavy atom. The fourth-order valence-corrected chi connectivity index (χ4v) is 1.09. The molecule has 1 atom stereocenters. The lowest BCUT2D eigenvalue weighted by Crippen LogP contribution is -2.25. The van der Waals surface area contributed by atoms with Gasteiger partial charge < -0.3 is 0 Å². The van der Waals surface area contributed by atoms with Gasteiger partial charge in [-0.15, -0.1) is 0 Å². The Kier molecular flexibility index (Phi) is 2.57. The third-order valence-electron chi connectivity index (χ3n) is 1.53. The number of rotatable bonds is 2. The summed E-state index contributed by atoms with van der Waals surface area (Å²) in [5, 5.41) is 9.35. The van der Waals surface area contributed by atoms with E-state index in [1.165, 1.54) is 12.2 Å². The molecule has 0 aromatic heterocycles. The van der Waals surface area contributed by atoms with Gasteiger partial charge >= 0.3 is 5.70 Å². The number of hydrogen-bond acceptors (Lipinski definition) is 4. The number of carbonyl (C=O) groups excluding carboxylic acids is 2. The van der Waals surface area contributed by atoms with Crippen LogP contribution in [-0.2, 0) is 9.59 Å². The molecule has 0 fully saturated rings. The molecule has 1 aliphatic rings. The maximum absolute atomic E-state index is 11.1. The topological polar surface area (TPSA) is 77.3 Å². The Hall–Kier alpha value is -1.49. The van der Waals surface area contributed by atoms with Crippen molar-refractivity contribution in [1.29, 1.82) is 0 Å². The number of hydrogen-bond donors (Lipinski definition) is 0. The number of allylic oxidation sites excluding steroid dienone is 4. The lowest BCUT2D eigenvalue weighted by molar-refractivity contribution is -0.419. The van der Waals surface area contributed by atoms with E-state index in [1.807, 2.05) is 0 Å². The lowest BCUT2D eigenvalue weighted by atomic mass is 9.98. The van der Waals surface area contributed by atoms with Crippen molar-refractivity contribution < 1.29 is 14.5 Å². The van der Waals surface area contributed by atoms with Crippen LogP contribution in [0.25, 0.3) is 0 Å². The third-order valence-corrected chi connectivity index (χ3v) is 1.77. The average molecular weight is 202 g/mol. The second-order valence-corrected chi connectivity index (χ2v) is 2.71. The fraction of sp³-hybridized carbons (Fsp3) is 0.143. The summed E-state index contributed by atoms with van der Waals surface area (Å²) in [6.45, 7) is 0. The fourth-order valence-electron chi connectivity index (χ4n) is 0.916. The van der Waals surface area contributed by atoms with E-state index >= 15 is 0 Å². The maximum Gasteiger partial charge on any atom is 0.313 e. The Labute approximate surface area is 77.8 Å². The molecule has 0 heterocycles. The van der Waals surface area contributed by atoms with Gasteiger partial charge in [0.15, 0.2) is 0 Å². The molecular weight excluding hydrogens is 198 g/mol. The van der Waals surface area contributed by atoms with Crippen LogP contribution in [0.2, 0.25) is 0 Å². The zero-order chi connectivity index (χ0) is 10.0. The Morgan fingerprint density at radius 2 is 2.23 bits per heavy atom. The molecule has 13 heavy (non-hydrogen) atoms. The zero-order valence-electron chi connectivity index (χ0n) is 6.27. The number of nitro groups is 1. The van der Waals surface area contributed by atoms with Crippen LogP contribution < -0.4 is 0 Å². The van der Waals surface area contributed by atoms with E-state index in [-0.39, 0.29) is 0 Å². The summed E-state index contributed by atoms with van der Waals surface area (Å²) in [7, 11) is 0. The van der Waals surface area contributed by atoms with Crippen LogP contribution in [0, 0.1) is 16.0 Å². The summed E-state index contributed by atoms with van der Waals surface area (Å²) in [5.74, 6) is -2.08. The van der Waals surface area contributed by atoms with Crippen LogP contribution in [-0.4, -0.2) is 15.9 Å². The molecule has 0 saturated carbocycles. The molecule has 0 aromatic carbocycles. The van der Waals surface area contributed by atoms with Crippen LogP contribution in [0.15, 0.2) is 23.9 Å². The van der Waals surface area contributed by atoms with Crippen molar-refractivity contribution >= 4 is 22.6 Å². The standard InChI is InChI=1S/C7H4ClNO4/c8-7(11)4-2-1-3-5(6(4)10)9(12)13/h1-4H. The smallest absolute Gasteiger partial charge is 0.286 e. The molecule has 0 spiro atoms. The van der Waals surface area contributed by atoms with Crippen LogP contribution in [0.3, 0.4) is 0 Å². The number of carbonyl (C=O) groups is 2. The van der Waals surface area contributed by atoms with Crippen molar-refractivity contribution in [3.63, 3.8) is 0 Å². The van der Waals surface area contributed by atoms with Gasteiger partial charge in [0.25, 0.3) is 0 Å². The SMILES string of the molecule is O=C(Cl)C1C=CC=C([N+](=O)[O-])C1=O. The van der Waals surface area contributed by atoms with E-state index in [2.05, 4.69) is 0 Å². The molecule has 1 aliphatic carbocycles. The van der Waals surface area contributed by atoms with Crippen LogP contribution >= 0.6 is 11.6 Å². The minimum absolute atomic E-state index is 0.610. The molecule has 0 N–H and O–H groups in total. The van der Waals surface area contributed by atoms with E-state index in [1.54, 1.807) is 0 Å². The summed E-state index contributed by atoms with van der Waals surface area (Å²) in [5.41, 5.74) is -0.610. The molecule has 5 nitrogen and oxygen atoms in total. The minimum atomic E-state index is -1.22. The van der Waals surface area contributed by atoms with E-state index in [0.29, 0.717) is 0 Å². The molecular formula is C7H4ClNO4. The van der Waals surface area contributed by atoms with E-state index in [9.17, 15) is 19.7 Å². The van der Waals surface area contributed by atoms with Crippen molar-refractivity contribution in [2.75, 3.05) is 0 Å². The monoisotopic (exact) mass is 201 g/mol. The van der Waals surface area contributed by atoms with Crippen molar-refractivity contribution in [2.24, 2.45) is 5.92 Å². The Balaban J connectivity index is 3.00. The number of ketones is 1. The average Bonchev–Trinajstić information content (AvgIpc) is 2.03. The first kappa shape index (κ1) is 9.60. The molecule has 6 heteroatoms. The van der Waals surface area contributed by atoms with Gasteiger partial charge in [-0.25, -0.2) is 0 Å².